The number of aliphatic carboxylic acids is 1. The number of rotatable bonds is 6. The molecule has 0 amide bonds. The van der Waals surface area contributed by atoms with Crippen molar-refractivity contribution in [1.82, 2.24) is 0 Å². The number of nitrogens with zero attached hydrogens (tertiary/aromatic N) is 1. The lowest BCUT2D eigenvalue weighted by atomic mass is 10.1. The van der Waals surface area contributed by atoms with E-state index >= 15 is 0 Å². The Labute approximate surface area is 95.1 Å². The second-order valence-electron chi connectivity index (χ2n) is 3.64. The van der Waals surface area contributed by atoms with Gasteiger partial charge in [-0.05, 0) is 18.6 Å². The third kappa shape index (κ3) is 3.55. The zero-order chi connectivity index (χ0) is 12.0. The zero-order valence-corrected chi connectivity index (χ0v) is 9.39. The summed E-state index contributed by atoms with van der Waals surface area (Å²) in [6.45, 7) is 2.87. The molecule has 1 aromatic rings. The summed E-state index contributed by atoms with van der Waals surface area (Å²) in [6, 6.07) is 7.76. The molecule has 16 heavy (non-hydrogen) atoms. The number of aliphatic hydroxyl groups excluding tert-OH is 1. The molecule has 0 radical (unpaired) electrons. The number of hydrogen-bond acceptors (Lipinski definition) is 3. The first-order valence-electron chi connectivity index (χ1n) is 5.28. The Morgan fingerprint density at radius 1 is 1.31 bits per heavy atom. The van der Waals surface area contributed by atoms with E-state index in [-0.39, 0.29) is 13.0 Å². The summed E-state index contributed by atoms with van der Waals surface area (Å²) >= 11 is 0. The van der Waals surface area contributed by atoms with Gasteiger partial charge in [-0.25, -0.2) is 0 Å². The molecule has 0 aliphatic heterocycles. The predicted octanol–water partition coefficient (Wildman–Crippen LogP) is 1.27. The van der Waals surface area contributed by atoms with Crippen molar-refractivity contribution in [3.05, 3.63) is 29.8 Å². The molecule has 0 unspecified atom stereocenters. The minimum Gasteiger partial charge on any atom is -0.481 e. The van der Waals surface area contributed by atoms with E-state index in [4.69, 9.17) is 10.2 Å². The Kier molecular flexibility index (Phi) is 4.79. The number of carboxylic acids is 1. The molecule has 0 spiro atoms. The summed E-state index contributed by atoms with van der Waals surface area (Å²) in [5, 5.41) is 17.6. The van der Waals surface area contributed by atoms with Crippen LogP contribution in [0.3, 0.4) is 0 Å². The van der Waals surface area contributed by atoms with E-state index in [0.29, 0.717) is 13.1 Å². The van der Waals surface area contributed by atoms with Crippen LogP contribution in [0.25, 0.3) is 0 Å². The molecule has 0 aromatic heterocycles. The van der Waals surface area contributed by atoms with Crippen LogP contribution in [0.4, 0.5) is 5.69 Å². The van der Waals surface area contributed by atoms with Crippen molar-refractivity contribution in [2.75, 3.05) is 24.6 Å². The van der Waals surface area contributed by atoms with Crippen molar-refractivity contribution >= 4 is 11.7 Å². The first kappa shape index (κ1) is 12.5. The third-order valence-electron chi connectivity index (χ3n) is 2.42. The van der Waals surface area contributed by atoms with Gasteiger partial charge in [0.15, 0.2) is 0 Å². The maximum absolute atomic E-state index is 10.5. The van der Waals surface area contributed by atoms with E-state index in [9.17, 15) is 4.79 Å². The van der Waals surface area contributed by atoms with Crippen molar-refractivity contribution in [3.8, 4) is 0 Å². The smallest absolute Gasteiger partial charge is 0.305 e. The topological polar surface area (TPSA) is 60.8 Å². The molecule has 0 saturated carbocycles. The molecule has 0 aliphatic rings. The second kappa shape index (κ2) is 6.12. The highest BCUT2D eigenvalue weighted by atomic mass is 16.4. The molecule has 0 aliphatic carbocycles. The highest BCUT2D eigenvalue weighted by Crippen LogP contribution is 2.19. The minimum atomic E-state index is -0.823. The van der Waals surface area contributed by atoms with E-state index in [1.807, 2.05) is 36.1 Å². The van der Waals surface area contributed by atoms with Crippen LogP contribution in [-0.4, -0.2) is 35.9 Å². The molecular formula is C12H17NO3. The van der Waals surface area contributed by atoms with Crippen molar-refractivity contribution in [1.29, 1.82) is 0 Å². The number of anilines is 1. The van der Waals surface area contributed by atoms with E-state index in [1.165, 1.54) is 0 Å². The maximum Gasteiger partial charge on any atom is 0.305 e. The van der Waals surface area contributed by atoms with Gasteiger partial charge in [0.25, 0.3) is 0 Å². The largest absolute Gasteiger partial charge is 0.481 e. The predicted molar refractivity (Wildman–Crippen MR) is 62.7 cm³/mol. The van der Waals surface area contributed by atoms with Crippen LogP contribution < -0.4 is 4.90 Å². The van der Waals surface area contributed by atoms with E-state index in [0.717, 1.165) is 11.3 Å². The number of para-hydroxylation sites is 1. The fourth-order valence-electron chi connectivity index (χ4n) is 1.62. The van der Waals surface area contributed by atoms with Gasteiger partial charge in [0, 0.05) is 18.8 Å². The number of carboxylic acid groups (broad SMARTS) is 1. The molecule has 4 heteroatoms. The third-order valence-corrected chi connectivity index (χ3v) is 2.42. The fourth-order valence-corrected chi connectivity index (χ4v) is 1.62. The van der Waals surface area contributed by atoms with Gasteiger partial charge >= 0.3 is 5.97 Å². The summed E-state index contributed by atoms with van der Waals surface area (Å²) in [5.74, 6) is -0.823. The average molecular weight is 223 g/mol. The van der Waals surface area contributed by atoms with Crippen molar-refractivity contribution in [2.24, 2.45) is 0 Å². The second-order valence-corrected chi connectivity index (χ2v) is 3.64. The van der Waals surface area contributed by atoms with E-state index < -0.39 is 5.97 Å². The molecule has 0 heterocycles. The summed E-state index contributed by atoms with van der Waals surface area (Å²) < 4.78 is 0. The van der Waals surface area contributed by atoms with Crippen LogP contribution >= 0.6 is 0 Å². The lowest BCUT2D eigenvalue weighted by Crippen LogP contribution is -2.29. The first-order chi connectivity index (χ1) is 7.65. The van der Waals surface area contributed by atoms with Crippen LogP contribution in [0.2, 0.25) is 0 Å². The van der Waals surface area contributed by atoms with Crippen LogP contribution in [0.5, 0.6) is 0 Å². The maximum atomic E-state index is 10.5. The lowest BCUT2D eigenvalue weighted by Gasteiger charge is -2.24. The minimum absolute atomic E-state index is 0.0218. The monoisotopic (exact) mass is 223 g/mol. The molecule has 4 nitrogen and oxygen atoms in total. The summed E-state index contributed by atoms with van der Waals surface area (Å²) in [6.07, 6.45) is 0.0777. The van der Waals surface area contributed by atoms with Gasteiger partial charge in [0.2, 0.25) is 0 Å². The van der Waals surface area contributed by atoms with Crippen molar-refractivity contribution in [3.63, 3.8) is 0 Å². The standard InChI is InChI=1S/C12H17NO3/c1-10-4-2-3-5-11(10)13(8-9-14)7-6-12(15)16/h2-5,14H,6-9H2,1H3,(H,15,16). The Bertz CT molecular complexity index is 352. The van der Waals surface area contributed by atoms with Gasteiger partial charge in [0.05, 0.1) is 13.0 Å². The van der Waals surface area contributed by atoms with Gasteiger partial charge in [-0.15, -0.1) is 0 Å². The molecule has 0 saturated heterocycles. The van der Waals surface area contributed by atoms with Gasteiger partial charge < -0.3 is 15.1 Å². The quantitative estimate of drug-likeness (QED) is 0.762. The molecule has 88 valence electrons. The number of benzene rings is 1. The summed E-state index contributed by atoms with van der Waals surface area (Å²) in [7, 11) is 0. The Morgan fingerprint density at radius 3 is 2.56 bits per heavy atom. The molecule has 1 rings (SSSR count). The molecule has 0 fully saturated rings. The van der Waals surface area contributed by atoms with Crippen LogP contribution in [-0.2, 0) is 4.79 Å². The lowest BCUT2D eigenvalue weighted by molar-refractivity contribution is -0.136. The Morgan fingerprint density at radius 2 is 2.00 bits per heavy atom. The highest BCUT2D eigenvalue weighted by Gasteiger charge is 2.09. The van der Waals surface area contributed by atoms with Crippen molar-refractivity contribution in [2.45, 2.75) is 13.3 Å². The zero-order valence-electron chi connectivity index (χ0n) is 9.39. The van der Waals surface area contributed by atoms with Crippen LogP contribution in [0.15, 0.2) is 24.3 Å². The summed E-state index contributed by atoms with van der Waals surface area (Å²) in [4.78, 5) is 12.4. The normalized spacial score (nSPS) is 10.1. The van der Waals surface area contributed by atoms with Crippen molar-refractivity contribution < 1.29 is 15.0 Å². The molecule has 0 atom stereocenters. The van der Waals surface area contributed by atoms with Gasteiger partial charge in [-0.3, -0.25) is 4.79 Å². The SMILES string of the molecule is Cc1ccccc1N(CCO)CCC(=O)O. The fraction of sp³-hybridized carbons (Fsp3) is 0.417. The average Bonchev–Trinajstić information content (AvgIpc) is 2.25. The Hall–Kier alpha value is -1.55. The number of hydrogen-bond donors (Lipinski definition) is 2. The van der Waals surface area contributed by atoms with Crippen LogP contribution in [0.1, 0.15) is 12.0 Å². The van der Waals surface area contributed by atoms with Gasteiger partial charge in [0.1, 0.15) is 0 Å². The molecular weight excluding hydrogens is 206 g/mol. The molecule has 1 aromatic carbocycles. The highest BCUT2D eigenvalue weighted by molar-refractivity contribution is 5.68. The van der Waals surface area contributed by atoms with Crippen LogP contribution in [0, 0.1) is 6.92 Å². The Balaban J connectivity index is 2.76. The first-order valence-corrected chi connectivity index (χ1v) is 5.28. The van der Waals surface area contributed by atoms with Gasteiger partial charge in [-0.1, -0.05) is 18.2 Å². The molecule has 2 N–H and O–H groups in total. The number of aryl methyl sites for hydroxylation is 1. The van der Waals surface area contributed by atoms with E-state index in [1.54, 1.807) is 0 Å². The molecule has 0 bridgehead atoms. The summed E-state index contributed by atoms with van der Waals surface area (Å²) in [5.41, 5.74) is 2.07. The van der Waals surface area contributed by atoms with Gasteiger partial charge in [-0.2, -0.15) is 0 Å². The number of aliphatic hydroxyl groups is 1. The number of carbonyl (C=O) groups is 1. The van der Waals surface area contributed by atoms with E-state index in [2.05, 4.69) is 0 Å².